The molecule has 0 aliphatic rings. The molecule has 2 aromatic carbocycles. The van der Waals surface area contributed by atoms with Gasteiger partial charge in [0.15, 0.2) is 5.85 Å². The Bertz CT molecular complexity index is 925. The summed E-state index contributed by atoms with van der Waals surface area (Å²) in [4.78, 5) is 24.4. The highest BCUT2D eigenvalue weighted by Gasteiger charge is 2.35. The number of nitrogens with one attached hydrogen (secondary N) is 1. The topological polar surface area (TPSA) is 120 Å². The zero-order chi connectivity index (χ0) is 24.3. The molecule has 0 bridgehead atoms. The van der Waals surface area contributed by atoms with E-state index in [2.05, 4.69) is 5.32 Å². The molecule has 9 nitrogen and oxygen atoms in total. The number of carbonyl (C=O) groups excluding carboxylic acids is 2. The Kier molecular flexibility index (Phi) is 10.5. The van der Waals surface area contributed by atoms with Crippen molar-refractivity contribution in [2.24, 2.45) is 0 Å². The highest BCUT2D eigenvalue weighted by Crippen LogP contribution is 2.59. The molecule has 0 radical (unpaired) electrons. The lowest BCUT2D eigenvalue weighted by Crippen LogP contribution is -2.43. The summed E-state index contributed by atoms with van der Waals surface area (Å²) in [5.41, 5.74) is 1.83. The smallest absolute Gasteiger partial charge is 0.408 e. The lowest BCUT2D eigenvalue weighted by molar-refractivity contribution is -0.143. The normalized spacial score (nSPS) is 13.1. The summed E-state index contributed by atoms with van der Waals surface area (Å²) in [6, 6.07) is 14.6. The summed E-state index contributed by atoms with van der Waals surface area (Å²) in [5.74, 6) is -2.08. The van der Waals surface area contributed by atoms with Crippen molar-refractivity contribution in [2.75, 3.05) is 20.3 Å². The summed E-state index contributed by atoms with van der Waals surface area (Å²) >= 11 is 0. The molecule has 2 aromatic rings. The molecule has 2 rings (SSSR count). The first-order chi connectivity index (χ1) is 15.8. The van der Waals surface area contributed by atoms with Gasteiger partial charge in [-0.1, -0.05) is 54.6 Å². The van der Waals surface area contributed by atoms with Crippen LogP contribution in [-0.4, -0.2) is 43.5 Å². The van der Waals surface area contributed by atoms with Crippen LogP contribution in [0.3, 0.4) is 0 Å². The van der Waals surface area contributed by atoms with Gasteiger partial charge in [0.05, 0.1) is 20.3 Å². The first-order valence-electron chi connectivity index (χ1n) is 10.5. The number of methoxy groups -OCH3 is 1. The van der Waals surface area contributed by atoms with Crippen LogP contribution in [0.15, 0.2) is 54.6 Å². The van der Waals surface area contributed by atoms with E-state index in [1.807, 2.05) is 30.3 Å². The first-order valence-corrected chi connectivity index (χ1v) is 12.1. The van der Waals surface area contributed by atoms with E-state index in [9.17, 15) is 19.3 Å². The third-order valence-electron chi connectivity index (χ3n) is 4.63. The van der Waals surface area contributed by atoms with Gasteiger partial charge in [0, 0.05) is 6.42 Å². The molecule has 0 heterocycles. The molecule has 2 atom stereocenters. The number of benzene rings is 2. The molecule has 33 heavy (non-hydrogen) atoms. The number of carbonyl (C=O) groups is 2. The minimum absolute atomic E-state index is 0.0624. The third kappa shape index (κ3) is 7.98. The minimum Gasteiger partial charge on any atom is -0.467 e. The molecular weight excluding hydrogens is 449 g/mol. The van der Waals surface area contributed by atoms with E-state index in [4.69, 9.17) is 18.5 Å². The maximum Gasteiger partial charge on any atom is 0.408 e. The molecule has 0 saturated heterocycles. The lowest BCUT2D eigenvalue weighted by Gasteiger charge is -2.22. The summed E-state index contributed by atoms with van der Waals surface area (Å²) < 4.78 is 33.1. The van der Waals surface area contributed by atoms with E-state index in [1.165, 1.54) is 7.11 Å². The quantitative estimate of drug-likeness (QED) is 0.347. The van der Waals surface area contributed by atoms with Gasteiger partial charge in [0.1, 0.15) is 12.6 Å². The Labute approximate surface area is 193 Å². The maximum atomic E-state index is 12.8. The van der Waals surface area contributed by atoms with Crippen molar-refractivity contribution in [1.29, 1.82) is 0 Å². The molecule has 0 fully saturated rings. The van der Waals surface area contributed by atoms with Crippen molar-refractivity contribution in [3.8, 4) is 0 Å². The van der Waals surface area contributed by atoms with E-state index in [0.29, 0.717) is 11.1 Å². The number of esters is 1. The van der Waals surface area contributed by atoms with Crippen LogP contribution in [0.4, 0.5) is 4.79 Å². The summed E-state index contributed by atoms with van der Waals surface area (Å²) in [5, 5.41) is 13.0. The number of aliphatic hydroxyl groups is 1. The molecule has 0 aliphatic carbocycles. The van der Waals surface area contributed by atoms with E-state index in [0.717, 1.165) is 5.56 Å². The van der Waals surface area contributed by atoms with Crippen LogP contribution in [0.5, 0.6) is 0 Å². The van der Waals surface area contributed by atoms with Gasteiger partial charge < -0.3 is 28.9 Å². The van der Waals surface area contributed by atoms with E-state index < -0.39 is 31.5 Å². The first kappa shape index (κ1) is 26.5. The van der Waals surface area contributed by atoms with Gasteiger partial charge in [-0.2, -0.15) is 0 Å². The van der Waals surface area contributed by atoms with Gasteiger partial charge in [0.2, 0.25) is 0 Å². The number of ether oxygens (including phenoxy) is 2. The Morgan fingerprint density at radius 3 is 2.12 bits per heavy atom. The van der Waals surface area contributed by atoms with Crippen molar-refractivity contribution in [3.63, 3.8) is 0 Å². The van der Waals surface area contributed by atoms with E-state index >= 15 is 0 Å². The van der Waals surface area contributed by atoms with Crippen LogP contribution >= 0.6 is 7.60 Å². The Morgan fingerprint density at radius 2 is 1.58 bits per heavy atom. The highest BCUT2D eigenvalue weighted by atomic mass is 31.2. The third-order valence-corrected chi connectivity index (χ3v) is 6.76. The van der Waals surface area contributed by atoms with Crippen molar-refractivity contribution in [2.45, 2.75) is 38.8 Å². The molecule has 2 N–H and O–H groups in total. The van der Waals surface area contributed by atoms with E-state index in [1.54, 1.807) is 38.1 Å². The predicted molar refractivity (Wildman–Crippen MR) is 122 cm³/mol. The van der Waals surface area contributed by atoms with Crippen LogP contribution in [-0.2, 0) is 40.9 Å². The molecule has 0 unspecified atom stereocenters. The molecule has 0 aromatic heterocycles. The Balaban J connectivity index is 2.04. The zero-order valence-electron chi connectivity index (χ0n) is 18.9. The highest BCUT2D eigenvalue weighted by molar-refractivity contribution is 7.54. The average molecular weight is 479 g/mol. The lowest BCUT2D eigenvalue weighted by atomic mass is 10.0. The monoisotopic (exact) mass is 479 g/mol. The fraction of sp³-hybridized carbons (Fsp3) is 0.391. The number of rotatable bonds is 12. The van der Waals surface area contributed by atoms with Gasteiger partial charge in [-0.25, -0.2) is 9.59 Å². The Morgan fingerprint density at radius 1 is 0.970 bits per heavy atom. The maximum absolute atomic E-state index is 12.8. The van der Waals surface area contributed by atoms with Crippen molar-refractivity contribution in [1.82, 2.24) is 5.32 Å². The van der Waals surface area contributed by atoms with E-state index in [-0.39, 0.29) is 26.2 Å². The van der Waals surface area contributed by atoms with Gasteiger partial charge in [0.25, 0.3) is 0 Å². The van der Waals surface area contributed by atoms with Gasteiger partial charge >= 0.3 is 19.7 Å². The number of hydrogen-bond donors (Lipinski definition) is 2. The predicted octanol–water partition coefficient (Wildman–Crippen LogP) is 3.95. The second-order valence-corrected chi connectivity index (χ2v) is 9.06. The van der Waals surface area contributed by atoms with Crippen molar-refractivity contribution in [3.05, 3.63) is 71.3 Å². The largest absolute Gasteiger partial charge is 0.467 e. The minimum atomic E-state index is -3.74. The Hall–Kier alpha value is -2.71. The van der Waals surface area contributed by atoms with Crippen molar-refractivity contribution < 1.29 is 37.8 Å². The van der Waals surface area contributed by atoms with Crippen LogP contribution in [0, 0.1) is 0 Å². The summed E-state index contributed by atoms with van der Waals surface area (Å²) in [6.45, 7) is 3.63. The molecule has 1 amide bonds. The number of aliphatic hydroxyl groups excluding tert-OH is 1. The van der Waals surface area contributed by atoms with Crippen LogP contribution < -0.4 is 5.32 Å². The average Bonchev–Trinajstić information content (AvgIpc) is 2.82. The molecule has 0 saturated carbocycles. The number of amides is 1. The molecule has 10 heteroatoms. The second kappa shape index (κ2) is 13.1. The van der Waals surface area contributed by atoms with Gasteiger partial charge in [-0.05, 0) is 30.5 Å². The second-order valence-electron chi connectivity index (χ2n) is 6.98. The summed E-state index contributed by atoms with van der Waals surface area (Å²) in [6.07, 6.45) is -0.631. The number of alkyl carbamates (subject to hydrolysis) is 1. The van der Waals surface area contributed by atoms with Crippen LogP contribution in [0.25, 0.3) is 0 Å². The van der Waals surface area contributed by atoms with Crippen molar-refractivity contribution >= 4 is 19.7 Å². The summed E-state index contributed by atoms with van der Waals surface area (Å²) in [7, 11) is -2.51. The number of hydrogen-bond acceptors (Lipinski definition) is 8. The van der Waals surface area contributed by atoms with Gasteiger partial charge in [-0.3, -0.25) is 4.57 Å². The zero-order valence-corrected chi connectivity index (χ0v) is 19.8. The molecule has 180 valence electrons. The van der Waals surface area contributed by atoms with Crippen LogP contribution in [0.1, 0.15) is 36.4 Å². The fourth-order valence-electron chi connectivity index (χ4n) is 3.03. The molecule has 0 aliphatic heterocycles. The van der Waals surface area contributed by atoms with Crippen LogP contribution in [0.2, 0.25) is 0 Å². The molecule has 0 spiro atoms. The fourth-order valence-corrected chi connectivity index (χ4v) is 4.64. The standard InChI is InChI=1S/C23H30NO8P/c1-4-31-33(28,32-5-2)22(26)19-13-11-17(12-14-19)15-20(21(25)29-3)24-23(27)30-16-18-9-7-6-8-10-18/h6-14,20,22,26H,4-5,15-16H2,1-3H3,(H,24,27)/t20-,22-/m0/s1. The molecular formula is C23H30NO8P. The SMILES string of the molecule is CCOP(=O)(OCC)[C@H](O)c1ccc(C[C@H](NC(=O)OCc2ccccc2)C(=O)OC)cc1. The van der Waals surface area contributed by atoms with Gasteiger partial charge in [-0.15, -0.1) is 0 Å².